The summed E-state index contributed by atoms with van der Waals surface area (Å²) >= 11 is 0. The van der Waals surface area contributed by atoms with Gasteiger partial charge in [-0.1, -0.05) is 12.1 Å². The molecule has 1 aromatic carbocycles. The molecule has 0 aromatic heterocycles. The van der Waals surface area contributed by atoms with Crippen molar-refractivity contribution < 1.29 is 18.1 Å². The summed E-state index contributed by atoms with van der Waals surface area (Å²) < 4.78 is 31.4. The SMILES string of the molecule is CCN(c1cccc(C)c1)C(CO)S(=O)(=O)O. The van der Waals surface area contributed by atoms with E-state index in [9.17, 15) is 8.42 Å². The first kappa shape index (κ1) is 14.0. The smallest absolute Gasteiger partial charge is 0.288 e. The molecular weight excluding hydrogens is 242 g/mol. The molecule has 0 bridgehead atoms. The summed E-state index contributed by atoms with van der Waals surface area (Å²) in [5.41, 5.74) is 1.64. The minimum absolute atomic E-state index is 0.370. The predicted molar refractivity (Wildman–Crippen MR) is 66.6 cm³/mol. The Kier molecular flexibility index (Phi) is 4.50. The minimum atomic E-state index is -4.31. The lowest BCUT2D eigenvalue weighted by molar-refractivity contribution is 0.280. The van der Waals surface area contributed by atoms with Crippen LogP contribution in [0.2, 0.25) is 0 Å². The molecule has 0 spiro atoms. The number of aliphatic hydroxyl groups is 1. The van der Waals surface area contributed by atoms with Crippen LogP contribution in [0.3, 0.4) is 0 Å². The molecule has 5 nitrogen and oxygen atoms in total. The summed E-state index contributed by atoms with van der Waals surface area (Å²) in [7, 11) is -4.31. The van der Waals surface area contributed by atoms with Crippen LogP contribution in [0.25, 0.3) is 0 Å². The molecule has 1 aromatic rings. The molecule has 0 aliphatic carbocycles. The molecule has 0 saturated heterocycles. The van der Waals surface area contributed by atoms with Gasteiger partial charge in [-0.3, -0.25) is 4.55 Å². The van der Waals surface area contributed by atoms with Crippen molar-refractivity contribution >= 4 is 15.8 Å². The summed E-state index contributed by atoms with van der Waals surface area (Å²) in [6.07, 6.45) is 0. The molecule has 0 aliphatic rings. The van der Waals surface area contributed by atoms with Crippen LogP contribution in [0.4, 0.5) is 5.69 Å². The lowest BCUT2D eigenvalue weighted by atomic mass is 10.2. The van der Waals surface area contributed by atoms with Gasteiger partial charge >= 0.3 is 0 Å². The van der Waals surface area contributed by atoms with E-state index in [1.165, 1.54) is 4.90 Å². The van der Waals surface area contributed by atoms with Crippen molar-refractivity contribution in [1.29, 1.82) is 0 Å². The molecule has 0 radical (unpaired) electrons. The van der Waals surface area contributed by atoms with E-state index >= 15 is 0 Å². The van der Waals surface area contributed by atoms with E-state index < -0.39 is 22.1 Å². The first-order valence-corrected chi connectivity index (χ1v) is 6.81. The fourth-order valence-corrected chi connectivity index (χ4v) is 2.49. The number of benzene rings is 1. The van der Waals surface area contributed by atoms with Crippen LogP contribution in [0.1, 0.15) is 12.5 Å². The third-order valence-electron chi connectivity index (χ3n) is 2.52. The van der Waals surface area contributed by atoms with Gasteiger partial charge < -0.3 is 10.0 Å². The van der Waals surface area contributed by atoms with Crippen molar-refractivity contribution in [3.8, 4) is 0 Å². The summed E-state index contributed by atoms with van der Waals surface area (Å²) in [4.78, 5) is 1.45. The molecular formula is C11H17NO4S. The Balaban J connectivity index is 3.14. The van der Waals surface area contributed by atoms with Crippen LogP contribution in [-0.4, -0.2) is 36.6 Å². The zero-order valence-corrected chi connectivity index (χ0v) is 10.7. The average molecular weight is 259 g/mol. The Morgan fingerprint density at radius 1 is 1.41 bits per heavy atom. The topological polar surface area (TPSA) is 77.8 Å². The van der Waals surface area contributed by atoms with Gasteiger partial charge in [0.2, 0.25) is 0 Å². The van der Waals surface area contributed by atoms with Gasteiger partial charge in [0, 0.05) is 12.2 Å². The second kappa shape index (κ2) is 5.48. The highest BCUT2D eigenvalue weighted by Gasteiger charge is 2.28. The van der Waals surface area contributed by atoms with Gasteiger partial charge in [0.25, 0.3) is 10.1 Å². The predicted octanol–water partition coefficient (Wildman–Crippen LogP) is 1.03. The van der Waals surface area contributed by atoms with Crippen LogP contribution in [0, 0.1) is 6.92 Å². The molecule has 6 heteroatoms. The first-order chi connectivity index (χ1) is 7.90. The van der Waals surface area contributed by atoms with Gasteiger partial charge in [-0.05, 0) is 31.5 Å². The van der Waals surface area contributed by atoms with Crippen molar-refractivity contribution in [2.45, 2.75) is 19.2 Å². The van der Waals surface area contributed by atoms with Crippen molar-refractivity contribution in [2.75, 3.05) is 18.1 Å². The molecule has 1 rings (SSSR count). The molecule has 96 valence electrons. The molecule has 1 atom stereocenters. The fraction of sp³-hybridized carbons (Fsp3) is 0.455. The highest BCUT2D eigenvalue weighted by Crippen LogP contribution is 2.20. The number of rotatable bonds is 5. The van der Waals surface area contributed by atoms with Crippen molar-refractivity contribution in [1.82, 2.24) is 0 Å². The molecule has 0 heterocycles. The van der Waals surface area contributed by atoms with E-state index in [-0.39, 0.29) is 0 Å². The van der Waals surface area contributed by atoms with E-state index in [1.807, 2.05) is 13.0 Å². The summed E-state index contributed by atoms with van der Waals surface area (Å²) in [6, 6.07) is 7.23. The van der Waals surface area contributed by atoms with Crippen LogP contribution >= 0.6 is 0 Å². The molecule has 0 aliphatic heterocycles. The number of anilines is 1. The van der Waals surface area contributed by atoms with Crippen LogP contribution in [-0.2, 0) is 10.1 Å². The first-order valence-electron chi connectivity index (χ1n) is 5.30. The second-order valence-electron chi connectivity index (χ2n) is 3.78. The zero-order valence-electron chi connectivity index (χ0n) is 9.87. The maximum absolute atomic E-state index is 11.2. The summed E-state index contributed by atoms with van der Waals surface area (Å²) in [5.74, 6) is 0. The Bertz CT molecular complexity index is 472. The fourth-order valence-electron chi connectivity index (χ4n) is 1.71. The monoisotopic (exact) mass is 259 g/mol. The normalized spacial score (nSPS) is 13.4. The quantitative estimate of drug-likeness (QED) is 0.772. The van der Waals surface area contributed by atoms with Gasteiger partial charge in [0.15, 0.2) is 5.37 Å². The van der Waals surface area contributed by atoms with Gasteiger partial charge in [-0.15, -0.1) is 0 Å². The Hall–Kier alpha value is -1.11. The Labute approximate surface area is 101 Å². The Morgan fingerprint density at radius 3 is 2.47 bits per heavy atom. The molecule has 0 amide bonds. The second-order valence-corrected chi connectivity index (χ2v) is 5.35. The molecule has 0 fully saturated rings. The van der Waals surface area contributed by atoms with E-state index in [0.29, 0.717) is 12.2 Å². The maximum Gasteiger partial charge on any atom is 0.288 e. The lowest BCUT2D eigenvalue weighted by Crippen LogP contribution is -2.43. The number of hydrogen-bond acceptors (Lipinski definition) is 4. The number of nitrogens with zero attached hydrogens (tertiary/aromatic N) is 1. The van der Waals surface area contributed by atoms with E-state index in [0.717, 1.165) is 5.56 Å². The summed E-state index contributed by atoms with van der Waals surface area (Å²) in [5, 5.41) is 7.79. The Morgan fingerprint density at radius 2 is 2.06 bits per heavy atom. The highest BCUT2D eigenvalue weighted by atomic mass is 32.2. The molecule has 17 heavy (non-hydrogen) atoms. The molecule has 1 unspecified atom stereocenters. The van der Waals surface area contributed by atoms with E-state index in [1.54, 1.807) is 25.1 Å². The van der Waals surface area contributed by atoms with Crippen LogP contribution in [0.5, 0.6) is 0 Å². The number of aryl methyl sites for hydroxylation is 1. The largest absolute Gasteiger partial charge is 0.393 e. The van der Waals surface area contributed by atoms with E-state index in [2.05, 4.69) is 0 Å². The van der Waals surface area contributed by atoms with E-state index in [4.69, 9.17) is 9.66 Å². The standard InChI is InChI=1S/C11H17NO4S/c1-3-12(11(8-13)17(14,15)16)10-6-4-5-9(2)7-10/h4-7,11,13H,3,8H2,1-2H3,(H,14,15,16). The third kappa shape index (κ3) is 3.42. The summed E-state index contributed by atoms with van der Waals surface area (Å²) in [6.45, 7) is 3.37. The zero-order chi connectivity index (χ0) is 13.1. The van der Waals surface area contributed by atoms with Crippen LogP contribution in [0.15, 0.2) is 24.3 Å². The van der Waals surface area contributed by atoms with Crippen LogP contribution < -0.4 is 4.90 Å². The minimum Gasteiger partial charge on any atom is -0.393 e. The van der Waals surface area contributed by atoms with Crippen molar-refractivity contribution in [2.24, 2.45) is 0 Å². The number of aliphatic hydroxyl groups excluding tert-OH is 1. The van der Waals surface area contributed by atoms with Gasteiger partial charge in [0.1, 0.15) is 0 Å². The lowest BCUT2D eigenvalue weighted by Gasteiger charge is -2.29. The maximum atomic E-state index is 11.2. The molecule has 0 saturated carbocycles. The van der Waals surface area contributed by atoms with Crippen molar-refractivity contribution in [3.05, 3.63) is 29.8 Å². The van der Waals surface area contributed by atoms with Gasteiger partial charge in [-0.2, -0.15) is 8.42 Å². The average Bonchev–Trinajstić information content (AvgIpc) is 2.23. The molecule has 2 N–H and O–H groups in total. The van der Waals surface area contributed by atoms with Gasteiger partial charge in [0.05, 0.1) is 6.61 Å². The van der Waals surface area contributed by atoms with Crippen molar-refractivity contribution in [3.63, 3.8) is 0 Å². The number of likely N-dealkylation sites (N-methyl/N-ethyl adjacent to an activating group) is 1. The third-order valence-corrected chi connectivity index (χ3v) is 3.61. The number of hydrogen-bond donors (Lipinski definition) is 2. The van der Waals surface area contributed by atoms with Gasteiger partial charge in [-0.25, -0.2) is 0 Å². The highest BCUT2D eigenvalue weighted by molar-refractivity contribution is 7.86.